The first-order valence-corrected chi connectivity index (χ1v) is 4.49. The molecule has 0 bridgehead atoms. The standard InChI is InChI=1S/C12H12O4/c1-5-9(13)8-6-7-10(14-2)12(16-4)11(8)15-3/h1,6-7H,2-4H3. The van der Waals surface area contributed by atoms with Crippen LogP contribution in [0.5, 0.6) is 17.2 Å². The van der Waals surface area contributed by atoms with E-state index in [-0.39, 0.29) is 11.3 Å². The summed E-state index contributed by atoms with van der Waals surface area (Å²) in [5, 5.41) is 0. The summed E-state index contributed by atoms with van der Waals surface area (Å²) in [6.45, 7) is 0. The third kappa shape index (κ3) is 1.94. The highest BCUT2D eigenvalue weighted by Gasteiger charge is 2.19. The maximum atomic E-state index is 11.4. The molecular formula is C12H12O4. The molecule has 4 nitrogen and oxygen atoms in total. The molecule has 0 saturated carbocycles. The van der Waals surface area contributed by atoms with E-state index in [0.29, 0.717) is 11.5 Å². The molecule has 0 radical (unpaired) electrons. The third-order valence-corrected chi connectivity index (χ3v) is 2.08. The van der Waals surface area contributed by atoms with Gasteiger partial charge in [0.15, 0.2) is 11.5 Å². The van der Waals surface area contributed by atoms with E-state index in [1.54, 1.807) is 12.1 Å². The number of hydrogen-bond acceptors (Lipinski definition) is 4. The zero-order chi connectivity index (χ0) is 12.1. The van der Waals surface area contributed by atoms with Gasteiger partial charge in [-0.15, -0.1) is 6.42 Å². The number of carbonyl (C=O) groups excluding carboxylic acids is 1. The van der Waals surface area contributed by atoms with E-state index in [2.05, 4.69) is 0 Å². The van der Waals surface area contributed by atoms with Crippen molar-refractivity contribution in [3.63, 3.8) is 0 Å². The highest BCUT2D eigenvalue weighted by Crippen LogP contribution is 2.39. The lowest BCUT2D eigenvalue weighted by atomic mass is 10.1. The number of benzene rings is 1. The van der Waals surface area contributed by atoms with Crippen molar-refractivity contribution in [1.29, 1.82) is 0 Å². The fourth-order valence-corrected chi connectivity index (χ4v) is 1.36. The smallest absolute Gasteiger partial charge is 0.239 e. The zero-order valence-corrected chi connectivity index (χ0v) is 9.37. The van der Waals surface area contributed by atoms with Gasteiger partial charge < -0.3 is 14.2 Å². The van der Waals surface area contributed by atoms with Gasteiger partial charge in [-0.25, -0.2) is 0 Å². The Morgan fingerprint density at radius 2 is 1.75 bits per heavy atom. The third-order valence-electron chi connectivity index (χ3n) is 2.08. The monoisotopic (exact) mass is 220 g/mol. The Morgan fingerprint density at radius 3 is 2.19 bits per heavy atom. The first kappa shape index (κ1) is 11.9. The van der Waals surface area contributed by atoms with Gasteiger partial charge in [-0.3, -0.25) is 4.79 Å². The van der Waals surface area contributed by atoms with Crippen molar-refractivity contribution < 1.29 is 19.0 Å². The first-order valence-electron chi connectivity index (χ1n) is 4.49. The molecule has 0 aliphatic carbocycles. The maximum Gasteiger partial charge on any atom is 0.239 e. The van der Waals surface area contributed by atoms with E-state index in [9.17, 15) is 4.79 Å². The van der Waals surface area contributed by atoms with Gasteiger partial charge in [-0.1, -0.05) is 0 Å². The molecule has 0 saturated heterocycles. The minimum Gasteiger partial charge on any atom is -0.493 e. The molecule has 0 amide bonds. The lowest BCUT2D eigenvalue weighted by Crippen LogP contribution is -2.02. The second-order valence-corrected chi connectivity index (χ2v) is 2.86. The molecule has 4 heteroatoms. The molecule has 0 aromatic heterocycles. The summed E-state index contributed by atoms with van der Waals surface area (Å²) in [7, 11) is 4.40. The summed E-state index contributed by atoms with van der Waals surface area (Å²) < 4.78 is 15.3. The van der Waals surface area contributed by atoms with Crippen molar-refractivity contribution in [2.24, 2.45) is 0 Å². The van der Waals surface area contributed by atoms with Crippen LogP contribution in [0, 0.1) is 12.3 Å². The van der Waals surface area contributed by atoms with Gasteiger partial charge >= 0.3 is 0 Å². The lowest BCUT2D eigenvalue weighted by molar-refractivity contribution is 0.105. The molecule has 0 aliphatic rings. The van der Waals surface area contributed by atoms with Crippen molar-refractivity contribution >= 4 is 5.78 Å². The molecular weight excluding hydrogens is 208 g/mol. The predicted octanol–water partition coefficient (Wildman–Crippen LogP) is 1.53. The first-order chi connectivity index (χ1) is 7.69. The largest absolute Gasteiger partial charge is 0.493 e. The SMILES string of the molecule is C#CC(=O)c1ccc(OC)c(OC)c1OC. The number of hydrogen-bond donors (Lipinski definition) is 0. The van der Waals surface area contributed by atoms with Crippen LogP contribution in [-0.2, 0) is 0 Å². The van der Waals surface area contributed by atoms with Gasteiger partial charge in [0, 0.05) is 0 Å². The average Bonchev–Trinajstić information content (AvgIpc) is 2.35. The van der Waals surface area contributed by atoms with Crippen LogP contribution in [0.4, 0.5) is 0 Å². The van der Waals surface area contributed by atoms with E-state index in [4.69, 9.17) is 20.6 Å². The Balaban J connectivity index is 3.44. The second kappa shape index (κ2) is 5.08. The molecule has 1 rings (SSSR count). The number of ether oxygens (including phenoxy) is 3. The van der Waals surface area contributed by atoms with Crippen LogP contribution in [0.2, 0.25) is 0 Å². The van der Waals surface area contributed by atoms with Gasteiger partial charge in [0.1, 0.15) is 0 Å². The summed E-state index contributed by atoms with van der Waals surface area (Å²) in [6.07, 6.45) is 5.06. The average molecular weight is 220 g/mol. The van der Waals surface area contributed by atoms with Crippen molar-refractivity contribution in [3.8, 4) is 29.6 Å². The number of rotatable bonds is 4. The van der Waals surface area contributed by atoms with Gasteiger partial charge in [0.2, 0.25) is 11.5 Å². The van der Waals surface area contributed by atoms with E-state index in [1.807, 2.05) is 5.92 Å². The molecule has 1 aromatic carbocycles. The number of terminal acetylenes is 1. The van der Waals surface area contributed by atoms with Crippen LogP contribution in [0.3, 0.4) is 0 Å². The Hall–Kier alpha value is -2.15. The summed E-state index contributed by atoms with van der Waals surface area (Å²) in [5.74, 6) is 2.68. The van der Waals surface area contributed by atoms with Crippen molar-refractivity contribution in [3.05, 3.63) is 17.7 Å². The number of methoxy groups -OCH3 is 3. The topological polar surface area (TPSA) is 44.8 Å². The number of carbonyl (C=O) groups is 1. The van der Waals surface area contributed by atoms with E-state index in [1.165, 1.54) is 21.3 Å². The van der Waals surface area contributed by atoms with E-state index >= 15 is 0 Å². The summed E-state index contributed by atoms with van der Waals surface area (Å²) in [5.41, 5.74) is 0.280. The molecule has 0 spiro atoms. The van der Waals surface area contributed by atoms with Crippen molar-refractivity contribution in [2.75, 3.05) is 21.3 Å². The molecule has 1 aromatic rings. The van der Waals surface area contributed by atoms with Crippen molar-refractivity contribution in [2.45, 2.75) is 0 Å². The minimum absolute atomic E-state index is 0.280. The zero-order valence-electron chi connectivity index (χ0n) is 9.37. The quantitative estimate of drug-likeness (QED) is 0.438. The second-order valence-electron chi connectivity index (χ2n) is 2.86. The van der Waals surface area contributed by atoms with Crippen LogP contribution in [0.15, 0.2) is 12.1 Å². The van der Waals surface area contributed by atoms with Gasteiger partial charge in [0.05, 0.1) is 26.9 Å². The van der Waals surface area contributed by atoms with Crippen LogP contribution < -0.4 is 14.2 Å². The predicted molar refractivity (Wildman–Crippen MR) is 59.3 cm³/mol. The van der Waals surface area contributed by atoms with Gasteiger partial charge in [-0.05, 0) is 18.1 Å². The molecule has 0 atom stereocenters. The van der Waals surface area contributed by atoms with Gasteiger partial charge in [-0.2, -0.15) is 0 Å². The highest BCUT2D eigenvalue weighted by atomic mass is 16.5. The van der Waals surface area contributed by atoms with Crippen LogP contribution in [-0.4, -0.2) is 27.1 Å². The number of Topliss-reactive ketones (excluding diaryl/α,β-unsaturated/α-hetero) is 1. The Labute approximate surface area is 94.1 Å². The normalized spacial score (nSPS) is 9.12. The Kier molecular flexibility index (Phi) is 3.78. The fourth-order valence-electron chi connectivity index (χ4n) is 1.36. The molecule has 0 N–H and O–H groups in total. The van der Waals surface area contributed by atoms with Gasteiger partial charge in [0.25, 0.3) is 0 Å². The highest BCUT2D eigenvalue weighted by molar-refractivity contribution is 6.11. The summed E-state index contributed by atoms with van der Waals surface area (Å²) in [4.78, 5) is 11.4. The van der Waals surface area contributed by atoms with E-state index in [0.717, 1.165) is 0 Å². The minimum atomic E-state index is -0.460. The van der Waals surface area contributed by atoms with Crippen LogP contribution in [0.1, 0.15) is 10.4 Å². The molecule has 0 fully saturated rings. The molecule has 0 heterocycles. The Morgan fingerprint density at radius 1 is 1.12 bits per heavy atom. The van der Waals surface area contributed by atoms with Crippen LogP contribution in [0.25, 0.3) is 0 Å². The lowest BCUT2D eigenvalue weighted by Gasteiger charge is -2.13. The number of ketones is 1. The molecule has 0 aliphatic heterocycles. The van der Waals surface area contributed by atoms with E-state index < -0.39 is 5.78 Å². The maximum absolute atomic E-state index is 11.4. The van der Waals surface area contributed by atoms with Crippen molar-refractivity contribution in [1.82, 2.24) is 0 Å². The molecule has 16 heavy (non-hydrogen) atoms. The summed E-state index contributed by atoms with van der Waals surface area (Å²) in [6, 6.07) is 3.15. The molecule has 0 unspecified atom stereocenters. The Bertz CT molecular complexity index is 443. The van der Waals surface area contributed by atoms with Crippen LogP contribution >= 0.6 is 0 Å². The summed E-state index contributed by atoms with van der Waals surface area (Å²) >= 11 is 0. The fraction of sp³-hybridized carbons (Fsp3) is 0.250. The molecule has 84 valence electrons.